The molecule has 0 radical (unpaired) electrons. The molecule has 4 rings (SSSR count). The molecule has 156 valence electrons. The van der Waals surface area contributed by atoms with E-state index in [9.17, 15) is 4.79 Å². The van der Waals surface area contributed by atoms with Gasteiger partial charge in [-0.1, -0.05) is 65.8 Å². The standard InChI is InChI=1S/C23H19ClN4OS2/c1-14(31-21-12-19(25-15(2)26-21)16-6-4-3-5-7-16)22(29)28-23-27-20(13-30-23)17-8-10-18(24)11-9-17/h3-14H,1-2H3,(H,27,28,29). The van der Waals surface area contributed by atoms with E-state index in [1.165, 1.54) is 23.1 Å². The predicted octanol–water partition coefficient (Wildman–Crippen LogP) is 6.35. The molecule has 4 aromatic rings. The number of hydrogen-bond donors (Lipinski definition) is 1. The van der Waals surface area contributed by atoms with Crippen LogP contribution in [0.25, 0.3) is 22.5 Å². The third kappa shape index (κ3) is 5.50. The van der Waals surface area contributed by atoms with Crippen LogP contribution in [0.4, 0.5) is 5.13 Å². The van der Waals surface area contributed by atoms with Gasteiger partial charge in [0, 0.05) is 21.5 Å². The van der Waals surface area contributed by atoms with Gasteiger partial charge in [0.05, 0.1) is 16.6 Å². The highest BCUT2D eigenvalue weighted by atomic mass is 35.5. The third-order valence-corrected chi connectivity index (χ3v) is 6.45. The lowest BCUT2D eigenvalue weighted by molar-refractivity contribution is -0.115. The molecule has 0 saturated heterocycles. The molecule has 1 atom stereocenters. The van der Waals surface area contributed by atoms with Crippen LogP contribution < -0.4 is 5.32 Å². The number of nitrogens with one attached hydrogen (secondary N) is 1. The average molecular weight is 467 g/mol. The highest BCUT2D eigenvalue weighted by Gasteiger charge is 2.18. The van der Waals surface area contributed by atoms with Crippen molar-refractivity contribution in [1.29, 1.82) is 0 Å². The minimum absolute atomic E-state index is 0.125. The van der Waals surface area contributed by atoms with Crippen molar-refractivity contribution in [2.75, 3.05) is 5.32 Å². The number of carbonyl (C=O) groups excluding carboxylic acids is 1. The van der Waals surface area contributed by atoms with E-state index in [1.54, 1.807) is 0 Å². The average Bonchev–Trinajstić information content (AvgIpc) is 3.23. The Kier molecular flexibility index (Phi) is 6.65. The van der Waals surface area contributed by atoms with Gasteiger partial charge in [-0.2, -0.15) is 0 Å². The Hall–Kier alpha value is -2.74. The van der Waals surface area contributed by atoms with Crippen LogP contribution in [0.1, 0.15) is 12.7 Å². The van der Waals surface area contributed by atoms with Gasteiger partial charge in [-0.25, -0.2) is 15.0 Å². The molecule has 0 aliphatic carbocycles. The van der Waals surface area contributed by atoms with Gasteiger partial charge in [0.2, 0.25) is 5.91 Å². The monoisotopic (exact) mass is 466 g/mol. The second-order valence-corrected chi connectivity index (χ2v) is 9.45. The van der Waals surface area contributed by atoms with Crippen LogP contribution in [-0.2, 0) is 4.79 Å². The van der Waals surface area contributed by atoms with Crippen LogP contribution in [0, 0.1) is 6.92 Å². The van der Waals surface area contributed by atoms with Gasteiger partial charge in [-0.05, 0) is 32.0 Å². The van der Waals surface area contributed by atoms with Crippen molar-refractivity contribution in [2.45, 2.75) is 24.1 Å². The zero-order valence-electron chi connectivity index (χ0n) is 16.9. The van der Waals surface area contributed by atoms with Crippen LogP contribution in [0.3, 0.4) is 0 Å². The maximum absolute atomic E-state index is 12.7. The maximum Gasteiger partial charge on any atom is 0.239 e. The number of halogens is 1. The zero-order chi connectivity index (χ0) is 21.8. The molecule has 0 saturated carbocycles. The molecule has 0 spiro atoms. The molecular formula is C23H19ClN4OS2. The Bertz CT molecular complexity index is 1200. The lowest BCUT2D eigenvalue weighted by atomic mass is 10.1. The summed E-state index contributed by atoms with van der Waals surface area (Å²) in [5, 5.41) is 6.46. The summed E-state index contributed by atoms with van der Waals surface area (Å²) in [4.78, 5) is 26.2. The van der Waals surface area contributed by atoms with Crippen LogP contribution in [-0.4, -0.2) is 26.1 Å². The molecule has 8 heteroatoms. The lowest BCUT2D eigenvalue weighted by Crippen LogP contribution is -2.22. The van der Waals surface area contributed by atoms with Gasteiger partial charge in [-0.15, -0.1) is 11.3 Å². The molecule has 5 nitrogen and oxygen atoms in total. The minimum Gasteiger partial charge on any atom is -0.301 e. The van der Waals surface area contributed by atoms with Crippen molar-refractivity contribution >= 4 is 45.7 Å². The van der Waals surface area contributed by atoms with Gasteiger partial charge in [0.25, 0.3) is 0 Å². The van der Waals surface area contributed by atoms with Gasteiger partial charge in [0.15, 0.2) is 5.13 Å². The number of hydrogen-bond acceptors (Lipinski definition) is 6. The van der Waals surface area contributed by atoms with Crippen molar-refractivity contribution in [1.82, 2.24) is 15.0 Å². The Morgan fingerprint density at radius 2 is 1.71 bits per heavy atom. The van der Waals surface area contributed by atoms with Gasteiger partial charge < -0.3 is 5.32 Å². The molecule has 0 aliphatic heterocycles. The van der Waals surface area contributed by atoms with Gasteiger partial charge in [0.1, 0.15) is 10.9 Å². The molecule has 0 bridgehead atoms. The second kappa shape index (κ2) is 9.60. The highest BCUT2D eigenvalue weighted by Crippen LogP contribution is 2.29. The van der Waals surface area contributed by atoms with E-state index in [0.717, 1.165) is 27.5 Å². The molecular weight excluding hydrogens is 448 g/mol. The number of thiazole rings is 1. The smallest absolute Gasteiger partial charge is 0.239 e. The molecule has 2 heterocycles. The van der Waals surface area contributed by atoms with Crippen LogP contribution in [0.5, 0.6) is 0 Å². The fraction of sp³-hybridized carbons (Fsp3) is 0.130. The summed E-state index contributed by atoms with van der Waals surface area (Å²) >= 11 is 8.73. The first-order chi connectivity index (χ1) is 15.0. The molecule has 1 unspecified atom stereocenters. The first-order valence-corrected chi connectivity index (χ1v) is 11.7. The van der Waals surface area contributed by atoms with Crippen molar-refractivity contribution in [3.05, 3.63) is 76.9 Å². The van der Waals surface area contributed by atoms with Crippen LogP contribution in [0.15, 0.2) is 71.1 Å². The first-order valence-electron chi connectivity index (χ1n) is 9.58. The Morgan fingerprint density at radius 1 is 1.00 bits per heavy atom. The van der Waals surface area contributed by atoms with Gasteiger partial charge >= 0.3 is 0 Å². The van der Waals surface area contributed by atoms with Crippen molar-refractivity contribution in [3.8, 4) is 22.5 Å². The van der Waals surface area contributed by atoms with E-state index in [2.05, 4.69) is 20.3 Å². The van der Waals surface area contributed by atoms with Gasteiger partial charge in [-0.3, -0.25) is 4.79 Å². The number of aromatic nitrogens is 3. The molecule has 2 aromatic carbocycles. The van der Waals surface area contributed by atoms with Crippen molar-refractivity contribution in [3.63, 3.8) is 0 Å². The number of amides is 1. The number of rotatable bonds is 6. The summed E-state index contributed by atoms with van der Waals surface area (Å²) in [5.41, 5.74) is 3.62. The summed E-state index contributed by atoms with van der Waals surface area (Å²) in [6, 6.07) is 19.3. The van der Waals surface area contributed by atoms with Crippen molar-refractivity contribution < 1.29 is 4.79 Å². The lowest BCUT2D eigenvalue weighted by Gasteiger charge is -2.11. The summed E-state index contributed by atoms with van der Waals surface area (Å²) in [6.45, 7) is 3.71. The summed E-state index contributed by atoms with van der Waals surface area (Å²) in [5.74, 6) is 0.545. The third-order valence-electron chi connectivity index (χ3n) is 4.43. The zero-order valence-corrected chi connectivity index (χ0v) is 19.3. The number of thioether (sulfide) groups is 1. The number of anilines is 1. The summed E-state index contributed by atoms with van der Waals surface area (Å²) in [7, 11) is 0. The van der Waals surface area contributed by atoms with Crippen LogP contribution in [0.2, 0.25) is 5.02 Å². The van der Waals surface area contributed by atoms with E-state index >= 15 is 0 Å². The Labute approximate surface area is 193 Å². The number of aryl methyl sites for hydroxylation is 1. The molecule has 0 aliphatic rings. The first kappa shape index (κ1) is 21.5. The number of benzene rings is 2. The topological polar surface area (TPSA) is 67.8 Å². The number of carbonyl (C=O) groups is 1. The minimum atomic E-state index is -0.346. The molecule has 31 heavy (non-hydrogen) atoms. The Morgan fingerprint density at radius 3 is 2.45 bits per heavy atom. The van der Waals surface area contributed by atoms with E-state index in [4.69, 9.17) is 11.6 Å². The fourth-order valence-electron chi connectivity index (χ4n) is 2.88. The largest absolute Gasteiger partial charge is 0.301 e. The summed E-state index contributed by atoms with van der Waals surface area (Å²) in [6.07, 6.45) is 0. The quantitative estimate of drug-likeness (QED) is 0.265. The van der Waals surface area contributed by atoms with E-state index in [0.29, 0.717) is 16.0 Å². The maximum atomic E-state index is 12.7. The Balaban J connectivity index is 1.43. The predicted molar refractivity (Wildman–Crippen MR) is 129 cm³/mol. The normalized spacial score (nSPS) is 11.8. The fourth-order valence-corrected chi connectivity index (χ4v) is 4.62. The summed E-state index contributed by atoms with van der Waals surface area (Å²) < 4.78 is 0. The molecule has 1 N–H and O–H groups in total. The molecule has 1 amide bonds. The van der Waals surface area contributed by atoms with Crippen LogP contribution >= 0.6 is 34.7 Å². The van der Waals surface area contributed by atoms with Crippen molar-refractivity contribution in [2.24, 2.45) is 0 Å². The number of nitrogens with zero attached hydrogens (tertiary/aromatic N) is 3. The van der Waals surface area contributed by atoms with E-state index in [1.807, 2.05) is 79.9 Å². The van der Waals surface area contributed by atoms with E-state index < -0.39 is 0 Å². The SMILES string of the molecule is Cc1nc(SC(C)C(=O)Nc2nc(-c3ccc(Cl)cc3)cs2)cc(-c2ccccc2)n1. The second-order valence-electron chi connectivity index (χ2n) is 6.80. The highest BCUT2D eigenvalue weighted by molar-refractivity contribution is 8.00. The van der Waals surface area contributed by atoms with E-state index in [-0.39, 0.29) is 11.2 Å². The molecule has 0 fully saturated rings. The molecule has 2 aromatic heterocycles.